The Morgan fingerprint density at radius 1 is 0.492 bits per heavy atom. The van der Waals surface area contributed by atoms with Crippen LogP contribution in [0.25, 0.3) is 77.6 Å². The summed E-state index contributed by atoms with van der Waals surface area (Å²) >= 11 is 0. The topological polar surface area (TPSA) is 35.0 Å². The molecule has 63 heavy (non-hydrogen) atoms. The van der Waals surface area contributed by atoms with Gasteiger partial charge in [0.05, 0.1) is 16.6 Å². The normalized spacial score (nSPS) is 13.7. The van der Waals surface area contributed by atoms with Crippen LogP contribution in [0.1, 0.15) is 40.6 Å². The van der Waals surface area contributed by atoms with Gasteiger partial charge in [-0.3, -0.25) is 0 Å². The molecule has 0 unspecified atom stereocenters. The van der Waals surface area contributed by atoms with E-state index in [2.05, 4.69) is 212 Å². The summed E-state index contributed by atoms with van der Waals surface area (Å²) in [6.45, 7) is 2.04. The Kier molecular flexibility index (Phi) is 8.62. The minimum Gasteiger partial charge on any atom is -0.455 e. The molecule has 1 aromatic heterocycles. The van der Waals surface area contributed by atoms with E-state index in [0.717, 1.165) is 77.5 Å². The highest BCUT2D eigenvalue weighted by Gasteiger charge is 2.52. The number of hydrogen-bond donors (Lipinski definition) is 0. The lowest BCUT2D eigenvalue weighted by atomic mass is 9.65. The lowest BCUT2D eigenvalue weighted by Crippen LogP contribution is -2.32. The third-order valence-electron chi connectivity index (χ3n) is 12.9. The van der Waals surface area contributed by atoms with E-state index >= 15 is 0 Å². The minimum atomic E-state index is -0.604. The molecule has 0 fully saturated rings. The fourth-order valence-electron chi connectivity index (χ4n) is 10.1. The molecule has 0 amide bonds. The van der Waals surface area contributed by atoms with Gasteiger partial charge in [0.1, 0.15) is 11.5 Å². The molecule has 0 radical (unpaired) electrons. The summed E-state index contributed by atoms with van der Waals surface area (Å²) in [5.74, 6) is 2.51. The highest BCUT2D eigenvalue weighted by atomic mass is 16.5. The summed E-state index contributed by atoms with van der Waals surface area (Å²) < 4.78 is 7.15. The van der Waals surface area contributed by atoms with E-state index in [1.807, 2.05) is 19.1 Å². The zero-order valence-corrected chi connectivity index (χ0v) is 34.7. The summed E-state index contributed by atoms with van der Waals surface area (Å²) in [4.78, 5) is 10.4. The van der Waals surface area contributed by atoms with Crippen molar-refractivity contribution in [2.45, 2.75) is 12.3 Å². The van der Waals surface area contributed by atoms with Gasteiger partial charge in [0.15, 0.2) is 5.82 Å². The van der Waals surface area contributed by atoms with Crippen LogP contribution in [0.15, 0.2) is 218 Å². The van der Waals surface area contributed by atoms with E-state index < -0.39 is 5.41 Å². The van der Waals surface area contributed by atoms with Gasteiger partial charge in [0.25, 0.3) is 0 Å². The van der Waals surface area contributed by atoms with Crippen molar-refractivity contribution < 1.29 is 4.74 Å². The Bertz CT molecular complexity index is 3460. The largest absolute Gasteiger partial charge is 0.455 e. The molecule has 1 spiro atoms. The number of hydrogen-bond acceptors (Lipinski definition) is 3. The van der Waals surface area contributed by atoms with Crippen molar-refractivity contribution >= 4 is 44.1 Å². The third-order valence-corrected chi connectivity index (χ3v) is 12.9. The first-order valence-corrected chi connectivity index (χ1v) is 21.6. The minimum absolute atomic E-state index is 0.604. The first-order valence-electron chi connectivity index (χ1n) is 21.6. The molecule has 0 saturated heterocycles. The lowest BCUT2D eigenvalue weighted by molar-refractivity contribution is 0.447. The summed E-state index contributed by atoms with van der Waals surface area (Å²) in [6.07, 6.45) is 10.7. The standard InChI is InChI=1S/C60H40N2O/c1-2-16-45(59-61-54-30-13-11-27-49(54)56(62-59)44-33-31-40(32-34-44)39-17-4-3-5-18-39)23-14-21-43-22-15-29-51-55(43)48-26-10-12-28-50(48)60(51)52-37-35-41-19-6-8-24-46(41)57(52)63-58-47-25-9-7-20-42(47)36-38-53(58)60/h2-38H,1H3/b16-2-,21-14+,45-23+. The molecular weight excluding hydrogens is 765 g/mol. The lowest BCUT2D eigenvalue weighted by Gasteiger charge is -2.40. The molecule has 3 nitrogen and oxygen atoms in total. The fourth-order valence-corrected chi connectivity index (χ4v) is 10.1. The van der Waals surface area contributed by atoms with Crippen molar-refractivity contribution in [1.29, 1.82) is 0 Å². The van der Waals surface area contributed by atoms with E-state index in [4.69, 9.17) is 14.7 Å². The van der Waals surface area contributed by atoms with Gasteiger partial charge in [-0.1, -0.05) is 218 Å². The molecule has 2 aliphatic rings. The van der Waals surface area contributed by atoms with Crippen LogP contribution in [-0.4, -0.2) is 9.97 Å². The maximum absolute atomic E-state index is 7.15. The van der Waals surface area contributed by atoms with Crippen LogP contribution >= 0.6 is 0 Å². The van der Waals surface area contributed by atoms with Gasteiger partial charge in [0, 0.05) is 38.4 Å². The average Bonchev–Trinajstić information content (AvgIpc) is 3.64. The Morgan fingerprint density at radius 2 is 1.10 bits per heavy atom. The van der Waals surface area contributed by atoms with Gasteiger partial charge in [-0.15, -0.1) is 0 Å². The molecule has 2 heterocycles. The Hall–Kier alpha value is -8.14. The maximum atomic E-state index is 7.15. The Labute approximate surface area is 366 Å². The first kappa shape index (κ1) is 36.7. The number of allylic oxidation sites excluding steroid dienone is 5. The summed E-state index contributed by atoms with van der Waals surface area (Å²) in [6, 6.07) is 69.4. The third kappa shape index (κ3) is 5.74. The van der Waals surface area contributed by atoms with Crippen molar-refractivity contribution in [2.24, 2.45) is 0 Å². The molecule has 1 aliphatic carbocycles. The van der Waals surface area contributed by atoms with E-state index in [1.54, 1.807) is 0 Å². The van der Waals surface area contributed by atoms with E-state index in [9.17, 15) is 0 Å². The highest BCUT2D eigenvalue weighted by Crippen LogP contribution is 2.64. The van der Waals surface area contributed by atoms with E-state index in [0.29, 0.717) is 5.82 Å². The molecule has 3 heteroatoms. The van der Waals surface area contributed by atoms with Gasteiger partial charge >= 0.3 is 0 Å². The molecule has 0 saturated carbocycles. The molecule has 12 rings (SSSR count). The van der Waals surface area contributed by atoms with Crippen LogP contribution in [0.5, 0.6) is 11.5 Å². The van der Waals surface area contributed by atoms with Gasteiger partial charge < -0.3 is 4.74 Å². The SMILES string of the molecule is C\C=C/C(=C\C=C\c1cccc2c1-c1ccccc1C21c2ccc3ccccc3c2Oc2c1ccc1ccccc21)c1nc(-c2ccc(-c3ccccc3)cc2)c2ccccc2n1. The van der Waals surface area contributed by atoms with Crippen LogP contribution in [0.3, 0.4) is 0 Å². The second-order valence-electron chi connectivity index (χ2n) is 16.3. The summed E-state index contributed by atoms with van der Waals surface area (Å²) in [7, 11) is 0. The summed E-state index contributed by atoms with van der Waals surface area (Å²) in [5, 5.41) is 5.56. The van der Waals surface area contributed by atoms with Crippen molar-refractivity contribution in [3.05, 3.63) is 252 Å². The monoisotopic (exact) mass is 804 g/mol. The molecule has 296 valence electrons. The molecule has 0 atom stereocenters. The molecule has 1 aliphatic heterocycles. The van der Waals surface area contributed by atoms with Crippen LogP contribution in [-0.2, 0) is 5.41 Å². The van der Waals surface area contributed by atoms with Gasteiger partial charge in [-0.2, -0.15) is 0 Å². The quantitative estimate of drug-likeness (QED) is 0.157. The van der Waals surface area contributed by atoms with E-state index in [-0.39, 0.29) is 0 Å². The van der Waals surface area contributed by atoms with Gasteiger partial charge in [-0.25, -0.2) is 9.97 Å². The highest BCUT2D eigenvalue weighted by molar-refractivity contribution is 6.01. The number of ether oxygens (including phenoxy) is 1. The van der Waals surface area contributed by atoms with E-state index in [1.165, 1.54) is 33.4 Å². The van der Waals surface area contributed by atoms with Crippen LogP contribution in [0.4, 0.5) is 0 Å². The summed E-state index contributed by atoms with van der Waals surface area (Å²) in [5.41, 5.74) is 14.0. The number of rotatable bonds is 6. The van der Waals surface area contributed by atoms with Crippen LogP contribution in [0.2, 0.25) is 0 Å². The molecule has 0 N–H and O–H groups in total. The van der Waals surface area contributed by atoms with Crippen molar-refractivity contribution in [3.63, 3.8) is 0 Å². The first-order chi connectivity index (χ1) is 31.2. The zero-order chi connectivity index (χ0) is 41.9. The molecule has 10 aromatic rings. The Balaban J connectivity index is 1.01. The number of aromatic nitrogens is 2. The molecule has 0 bridgehead atoms. The fraction of sp³-hybridized carbons (Fsp3) is 0.0333. The molecule has 9 aromatic carbocycles. The maximum Gasteiger partial charge on any atom is 0.160 e. The second-order valence-corrected chi connectivity index (χ2v) is 16.3. The average molecular weight is 805 g/mol. The van der Waals surface area contributed by atoms with Crippen molar-refractivity contribution in [2.75, 3.05) is 0 Å². The number of nitrogens with zero attached hydrogens (tertiary/aromatic N) is 2. The second kappa shape index (κ2) is 14.8. The van der Waals surface area contributed by atoms with Crippen molar-refractivity contribution in [1.82, 2.24) is 9.97 Å². The predicted octanol–water partition coefficient (Wildman–Crippen LogP) is 15.4. The Morgan fingerprint density at radius 3 is 1.83 bits per heavy atom. The van der Waals surface area contributed by atoms with Crippen LogP contribution < -0.4 is 4.74 Å². The molecular formula is C60H40N2O. The van der Waals surface area contributed by atoms with Crippen molar-refractivity contribution in [3.8, 4) is 45.0 Å². The number of benzene rings is 9. The predicted molar refractivity (Wildman–Crippen MR) is 261 cm³/mol. The van der Waals surface area contributed by atoms with Gasteiger partial charge in [0.2, 0.25) is 0 Å². The number of para-hydroxylation sites is 1. The van der Waals surface area contributed by atoms with Gasteiger partial charge in [-0.05, 0) is 62.7 Å². The smallest absolute Gasteiger partial charge is 0.160 e. The van der Waals surface area contributed by atoms with Crippen LogP contribution in [0, 0.1) is 0 Å². The number of fused-ring (bicyclic) bond motifs is 14. The zero-order valence-electron chi connectivity index (χ0n) is 34.7.